The molecule has 0 unspecified atom stereocenters. The van der Waals surface area contributed by atoms with Crippen molar-refractivity contribution < 1.29 is 35.5 Å². The molecule has 180 valence electrons. The summed E-state index contributed by atoms with van der Waals surface area (Å²) in [6, 6.07) is 9.60. The van der Waals surface area contributed by atoms with Gasteiger partial charge in [-0.1, -0.05) is 27.5 Å². The summed E-state index contributed by atoms with van der Waals surface area (Å²) in [6.45, 7) is 1.55. The van der Waals surface area contributed by atoms with Crippen LogP contribution in [0, 0.1) is 6.92 Å². The standard InChI is InChI=1S/C21H13BrClF6N3O2/c1-10-32-17(11-2-5-13(6-3-11)34-21(27,28)29)18(33-10)14-8-12(22)4-7-16(14)31-9-15(23)19(30)20(24,25)26/h2-9H,30H2,1H3. The van der Waals surface area contributed by atoms with Crippen LogP contribution >= 0.6 is 27.5 Å². The summed E-state index contributed by atoms with van der Waals surface area (Å²) in [7, 11) is 0. The lowest BCUT2D eigenvalue weighted by Crippen LogP contribution is -2.20. The number of alkyl halides is 6. The van der Waals surface area contributed by atoms with Gasteiger partial charge < -0.3 is 14.9 Å². The van der Waals surface area contributed by atoms with Crippen LogP contribution < -0.4 is 10.5 Å². The largest absolute Gasteiger partial charge is 0.573 e. The molecule has 0 atom stereocenters. The van der Waals surface area contributed by atoms with Crippen LogP contribution in [0.1, 0.15) is 5.89 Å². The summed E-state index contributed by atoms with van der Waals surface area (Å²) >= 11 is 8.94. The fourth-order valence-electron chi connectivity index (χ4n) is 2.75. The highest BCUT2D eigenvalue weighted by Gasteiger charge is 2.33. The Balaban J connectivity index is 2.06. The summed E-state index contributed by atoms with van der Waals surface area (Å²) in [5.74, 6) is -0.0106. The van der Waals surface area contributed by atoms with Gasteiger partial charge >= 0.3 is 12.5 Å². The van der Waals surface area contributed by atoms with Gasteiger partial charge in [0.25, 0.3) is 0 Å². The van der Waals surface area contributed by atoms with Crippen molar-refractivity contribution in [1.82, 2.24) is 4.98 Å². The minimum Gasteiger partial charge on any atom is -0.440 e. The smallest absolute Gasteiger partial charge is 0.440 e. The van der Waals surface area contributed by atoms with E-state index >= 15 is 0 Å². The Morgan fingerprint density at radius 1 is 1.12 bits per heavy atom. The first-order valence-electron chi connectivity index (χ1n) is 9.14. The van der Waals surface area contributed by atoms with Gasteiger partial charge in [0.1, 0.15) is 17.1 Å². The van der Waals surface area contributed by atoms with E-state index in [0.717, 1.165) is 18.3 Å². The number of nitrogens with two attached hydrogens (primary N) is 1. The Morgan fingerprint density at radius 2 is 1.76 bits per heavy atom. The van der Waals surface area contributed by atoms with Crippen molar-refractivity contribution in [2.45, 2.75) is 19.5 Å². The molecule has 3 aromatic rings. The zero-order valence-corrected chi connectivity index (χ0v) is 19.3. The van der Waals surface area contributed by atoms with Crippen LogP contribution in [0.25, 0.3) is 22.6 Å². The summed E-state index contributed by atoms with van der Waals surface area (Å²) in [6.07, 6.45) is -8.92. The SMILES string of the molecule is Cc1nc(-c2ccc(OC(F)(F)F)cc2)c(-c2cc(Br)ccc2N=CC(Cl)=C(N)C(F)(F)F)o1. The number of hydrogen-bond acceptors (Lipinski definition) is 5. The zero-order chi connectivity index (χ0) is 25.3. The van der Waals surface area contributed by atoms with Gasteiger partial charge in [0.05, 0.1) is 10.7 Å². The van der Waals surface area contributed by atoms with Gasteiger partial charge in [-0.3, -0.25) is 4.99 Å². The molecule has 0 spiro atoms. The molecule has 2 N–H and O–H groups in total. The van der Waals surface area contributed by atoms with Gasteiger partial charge in [0.2, 0.25) is 0 Å². The molecule has 0 fully saturated rings. The predicted octanol–water partition coefficient (Wildman–Crippen LogP) is 7.65. The average Bonchev–Trinajstić information content (AvgIpc) is 3.12. The van der Waals surface area contributed by atoms with Gasteiger partial charge in [0.15, 0.2) is 11.7 Å². The van der Waals surface area contributed by atoms with E-state index in [1.165, 1.54) is 18.2 Å². The highest BCUT2D eigenvalue weighted by Crippen LogP contribution is 2.40. The molecule has 0 saturated carbocycles. The topological polar surface area (TPSA) is 73.6 Å². The molecule has 5 nitrogen and oxygen atoms in total. The van der Waals surface area contributed by atoms with Crippen LogP contribution in [-0.2, 0) is 0 Å². The Kier molecular flexibility index (Phi) is 7.32. The highest BCUT2D eigenvalue weighted by molar-refractivity contribution is 9.10. The number of nitrogens with zero attached hydrogens (tertiary/aromatic N) is 2. The predicted molar refractivity (Wildman–Crippen MR) is 118 cm³/mol. The minimum absolute atomic E-state index is 0.172. The van der Waals surface area contributed by atoms with E-state index in [9.17, 15) is 26.3 Å². The Bertz CT molecular complexity index is 1250. The number of halogens is 8. The number of benzene rings is 2. The summed E-state index contributed by atoms with van der Waals surface area (Å²) < 4.78 is 85.7. The van der Waals surface area contributed by atoms with Crippen molar-refractivity contribution in [1.29, 1.82) is 0 Å². The number of aliphatic imine (C=N–C) groups is 1. The van der Waals surface area contributed by atoms with Gasteiger partial charge in [-0.2, -0.15) is 13.2 Å². The molecule has 0 aliphatic heterocycles. The number of allylic oxidation sites excluding steroid dienone is 2. The van der Waals surface area contributed by atoms with Crippen molar-refractivity contribution >= 4 is 39.4 Å². The molecule has 13 heteroatoms. The second kappa shape index (κ2) is 9.71. The summed E-state index contributed by atoms with van der Waals surface area (Å²) in [4.78, 5) is 8.30. The van der Waals surface area contributed by atoms with Crippen molar-refractivity contribution in [3.05, 3.63) is 63.6 Å². The first-order valence-corrected chi connectivity index (χ1v) is 10.3. The van der Waals surface area contributed by atoms with E-state index in [0.29, 0.717) is 15.6 Å². The number of oxazole rings is 1. The van der Waals surface area contributed by atoms with E-state index in [1.807, 2.05) is 0 Å². The Morgan fingerprint density at radius 3 is 2.35 bits per heavy atom. The molecule has 0 amide bonds. The van der Waals surface area contributed by atoms with Crippen LogP contribution in [0.3, 0.4) is 0 Å². The minimum atomic E-state index is -4.84. The maximum Gasteiger partial charge on any atom is 0.573 e. The second-order valence-corrected chi connectivity index (χ2v) is 7.98. The fourth-order valence-corrected chi connectivity index (χ4v) is 3.27. The molecular weight excluding hydrogens is 556 g/mol. The lowest BCUT2D eigenvalue weighted by atomic mass is 10.0. The van der Waals surface area contributed by atoms with Gasteiger partial charge in [-0.15, -0.1) is 13.2 Å². The number of aryl methyl sites for hydroxylation is 1. The summed E-state index contributed by atoms with van der Waals surface area (Å²) in [5, 5.41) is -0.810. The highest BCUT2D eigenvalue weighted by atomic mass is 79.9. The molecule has 3 rings (SSSR count). The molecule has 34 heavy (non-hydrogen) atoms. The summed E-state index contributed by atoms with van der Waals surface area (Å²) in [5.41, 5.74) is 4.66. The van der Waals surface area contributed by atoms with Crippen LogP contribution in [0.15, 0.2) is 67.1 Å². The van der Waals surface area contributed by atoms with Crippen LogP contribution in [-0.4, -0.2) is 23.7 Å². The maximum absolute atomic E-state index is 12.8. The lowest BCUT2D eigenvalue weighted by molar-refractivity contribution is -0.274. The zero-order valence-electron chi connectivity index (χ0n) is 16.9. The normalized spacial score (nSPS) is 13.3. The monoisotopic (exact) mass is 567 g/mol. The third kappa shape index (κ3) is 6.32. The van der Waals surface area contributed by atoms with Gasteiger partial charge in [-0.05, 0) is 42.5 Å². The molecule has 1 aromatic heterocycles. The average molecular weight is 569 g/mol. The third-order valence-corrected chi connectivity index (χ3v) is 4.97. The van der Waals surface area contributed by atoms with Crippen molar-refractivity contribution in [3.8, 4) is 28.3 Å². The van der Waals surface area contributed by atoms with E-state index in [2.05, 4.69) is 30.6 Å². The Labute approximate surface area is 202 Å². The van der Waals surface area contributed by atoms with E-state index < -0.39 is 29.0 Å². The second-order valence-electron chi connectivity index (χ2n) is 6.66. The van der Waals surface area contributed by atoms with Crippen LogP contribution in [0.4, 0.5) is 32.0 Å². The lowest BCUT2D eigenvalue weighted by Gasteiger charge is -2.10. The van der Waals surface area contributed by atoms with E-state index in [-0.39, 0.29) is 23.0 Å². The molecular formula is C21H13BrClF6N3O2. The first kappa shape index (κ1) is 25.6. The molecule has 0 radical (unpaired) electrons. The molecule has 0 saturated heterocycles. The molecule has 0 bridgehead atoms. The molecule has 1 heterocycles. The Hall–Kier alpha value is -2.99. The molecule has 2 aromatic carbocycles. The van der Waals surface area contributed by atoms with Crippen molar-refractivity contribution in [2.75, 3.05) is 0 Å². The number of ether oxygens (including phenoxy) is 1. The van der Waals surface area contributed by atoms with E-state index in [1.54, 1.807) is 19.1 Å². The molecule has 0 aliphatic rings. The third-order valence-electron chi connectivity index (χ3n) is 4.18. The van der Waals surface area contributed by atoms with E-state index in [4.69, 9.17) is 21.8 Å². The molecule has 0 aliphatic carbocycles. The number of rotatable bonds is 5. The maximum atomic E-state index is 12.8. The van der Waals surface area contributed by atoms with Crippen LogP contribution in [0.2, 0.25) is 0 Å². The number of aromatic nitrogens is 1. The first-order chi connectivity index (χ1) is 15.7. The quantitative estimate of drug-likeness (QED) is 0.253. The van der Waals surface area contributed by atoms with Crippen molar-refractivity contribution in [2.24, 2.45) is 10.7 Å². The van der Waals surface area contributed by atoms with Gasteiger partial charge in [-0.25, -0.2) is 4.98 Å². The van der Waals surface area contributed by atoms with Crippen molar-refractivity contribution in [3.63, 3.8) is 0 Å². The van der Waals surface area contributed by atoms with Gasteiger partial charge in [0, 0.05) is 28.7 Å². The number of hydrogen-bond donors (Lipinski definition) is 1. The fraction of sp³-hybridized carbons (Fsp3) is 0.143. The van der Waals surface area contributed by atoms with Crippen LogP contribution in [0.5, 0.6) is 5.75 Å².